The Bertz CT molecular complexity index is 533. The highest BCUT2D eigenvalue weighted by atomic mass is 14.5. The summed E-state index contributed by atoms with van der Waals surface area (Å²) in [6.45, 7) is 6.85. The van der Waals surface area contributed by atoms with Gasteiger partial charge in [0.2, 0.25) is 0 Å². The smallest absolute Gasteiger partial charge is 0.0209 e. The lowest BCUT2D eigenvalue weighted by molar-refractivity contribution is 0.461. The Balaban J connectivity index is 1.41. The molecule has 0 nitrogen and oxygen atoms in total. The van der Waals surface area contributed by atoms with Gasteiger partial charge in [0, 0.05) is 23.7 Å². The average molecular weight is 312 g/mol. The van der Waals surface area contributed by atoms with Gasteiger partial charge in [-0.1, -0.05) is 69.4 Å². The third-order valence-electron chi connectivity index (χ3n) is 5.14. The first-order valence-electron chi connectivity index (χ1n) is 8.85. The van der Waals surface area contributed by atoms with Crippen LogP contribution in [-0.2, 0) is 0 Å². The molecule has 0 N–H and O–H groups in total. The minimum atomic E-state index is 0.234. The van der Waals surface area contributed by atoms with Gasteiger partial charge < -0.3 is 0 Å². The molecular weight excluding hydrogens is 288 g/mol. The second kappa shape index (κ2) is 6.36. The molecule has 0 unspecified atom stereocenters. The maximum atomic E-state index is 2.38. The molecule has 0 aromatic carbocycles. The highest BCUT2D eigenvalue weighted by Crippen LogP contribution is 2.59. The van der Waals surface area contributed by atoms with Crippen LogP contribution in [0.2, 0.25) is 0 Å². The lowest BCUT2D eigenvalue weighted by atomic mass is 9.77. The van der Waals surface area contributed by atoms with Crippen molar-refractivity contribution in [1.29, 1.82) is 0 Å². The van der Waals surface area contributed by atoms with E-state index in [9.17, 15) is 0 Å². The lowest BCUT2D eigenvalue weighted by Gasteiger charge is -2.26. The molecule has 0 bridgehead atoms. The first-order chi connectivity index (χ1) is 11.5. The summed E-state index contributed by atoms with van der Waals surface area (Å²) in [7, 11) is 0. The zero-order valence-corrected chi connectivity index (χ0v) is 14.8. The van der Waals surface area contributed by atoms with E-state index in [1.807, 2.05) is 0 Å². The summed E-state index contributed by atoms with van der Waals surface area (Å²) in [5.74, 6) is 10.0. The Morgan fingerprint density at radius 3 is 1.71 bits per heavy atom. The monoisotopic (exact) mass is 312 g/mol. The number of allylic oxidation sites excluding steroid dienone is 8. The predicted octanol–water partition coefficient (Wildman–Crippen LogP) is 5.73. The summed E-state index contributed by atoms with van der Waals surface area (Å²) in [5.41, 5.74) is 0.234. The molecule has 0 heterocycles. The van der Waals surface area contributed by atoms with Crippen molar-refractivity contribution in [2.24, 2.45) is 5.41 Å². The van der Waals surface area contributed by atoms with E-state index in [4.69, 9.17) is 0 Å². The Morgan fingerprint density at radius 2 is 1.21 bits per heavy atom. The molecule has 0 amide bonds. The quantitative estimate of drug-likeness (QED) is 0.624. The number of fused-ring (bicyclic) bond motifs is 3. The highest BCUT2D eigenvalue weighted by molar-refractivity contribution is 5.76. The third kappa shape index (κ3) is 2.98. The zero-order chi connectivity index (χ0) is 16.7. The molecule has 0 aromatic heterocycles. The molecule has 2 fully saturated rings. The second-order valence-corrected chi connectivity index (χ2v) is 7.83. The van der Waals surface area contributed by atoms with Gasteiger partial charge in [-0.25, -0.2) is 0 Å². The van der Waals surface area contributed by atoms with Crippen LogP contribution >= 0.6 is 0 Å². The van der Waals surface area contributed by atoms with E-state index in [-0.39, 0.29) is 5.41 Å². The summed E-state index contributed by atoms with van der Waals surface area (Å²) < 4.78 is 0. The number of rotatable bonds is 3. The lowest BCUT2D eigenvalue weighted by Crippen LogP contribution is -2.16. The molecule has 2 saturated carbocycles. The first kappa shape index (κ1) is 16.4. The maximum Gasteiger partial charge on any atom is 0.0209 e. The normalized spacial score (nSPS) is 27.5. The fourth-order valence-corrected chi connectivity index (χ4v) is 3.76. The van der Waals surface area contributed by atoms with Gasteiger partial charge in [-0.05, 0) is 55.3 Å². The van der Waals surface area contributed by atoms with Crippen LogP contribution in [0.5, 0.6) is 0 Å². The summed E-state index contributed by atoms with van der Waals surface area (Å²) in [6.07, 6.45) is 26.8. The van der Waals surface area contributed by atoms with Gasteiger partial charge in [0.15, 0.2) is 0 Å². The predicted molar refractivity (Wildman–Crippen MR) is 101 cm³/mol. The molecule has 120 valence electrons. The SMILES string of the molecule is CC(C)(C)[C]1[CH][CH][C](CC[C]2[C]3C=CC=C[C]3[C]3C=CC=C[C]32)[CH]1. The van der Waals surface area contributed by atoms with Crippen molar-refractivity contribution in [2.75, 3.05) is 0 Å². The van der Waals surface area contributed by atoms with Crippen molar-refractivity contribution in [2.45, 2.75) is 33.6 Å². The Morgan fingerprint density at radius 1 is 0.667 bits per heavy atom. The van der Waals surface area contributed by atoms with E-state index < -0.39 is 0 Å². The summed E-state index contributed by atoms with van der Waals surface area (Å²) in [6, 6.07) is 0. The molecule has 0 atom stereocenters. The molecule has 0 aliphatic heterocycles. The number of hydrogen-bond acceptors (Lipinski definition) is 0. The standard InChI is InChI=1S/C24H24/c1-24(2,3)18-14-12-17(16-18)13-15-23-21-10-6-4-8-19(21)20-9-5-7-11-22(20)23/h4-12,14,16H,13,15H2,1-3H3. The minimum absolute atomic E-state index is 0.234. The maximum absolute atomic E-state index is 2.38. The van der Waals surface area contributed by atoms with Crippen LogP contribution in [0.1, 0.15) is 33.6 Å². The van der Waals surface area contributed by atoms with E-state index in [2.05, 4.69) is 88.6 Å². The van der Waals surface area contributed by atoms with Crippen LogP contribution in [-0.4, -0.2) is 0 Å². The summed E-state index contributed by atoms with van der Waals surface area (Å²) in [5, 5.41) is 0. The van der Waals surface area contributed by atoms with E-state index in [0.717, 1.165) is 12.8 Å². The molecule has 0 spiro atoms. The summed E-state index contributed by atoms with van der Waals surface area (Å²) in [4.78, 5) is 0. The van der Waals surface area contributed by atoms with Crippen molar-refractivity contribution < 1.29 is 0 Å². The van der Waals surface area contributed by atoms with Gasteiger partial charge in [-0.2, -0.15) is 0 Å². The highest BCUT2D eigenvalue weighted by Gasteiger charge is 2.49. The largest absolute Gasteiger partial charge is 0.0758 e. The van der Waals surface area contributed by atoms with Crippen LogP contribution in [0.15, 0.2) is 48.6 Å². The summed E-state index contributed by atoms with van der Waals surface area (Å²) >= 11 is 0. The Labute approximate surface area is 148 Å². The topological polar surface area (TPSA) is 0 Å². The molecule has 0 aromatic rings. The molecule has 4 aliphatic rings. The van der Waals surface area contributed by atoms with E-state index in [1.54, 1.807) is 0 Å². The van der Waals surface area contributed by atoms with Gasteiger partial charge in [0.25, 0.3) is 0 Å². The van der Waals surface area contributed by atoms with Crippen molar-refractivity contribution >= 4 is 0 Å². The Hall–Kier alpha value is -1.04. The minimum Gasteiger partial charge on any atom is -0.0758 e. The van der Waals surface area contributed by atoms with Crippen LogP contribution < -0.4 is 0 Å². The molecule has 0 saturated heterocycles. The zero-order valence-electron chi connectivity index (χ0n) is 14.8. The van der Waals surface area contributed by atoms with Gasteiger partial charge in [0.1, 0.15) is 0 Å². The fraction of sp³-hybridized carbons (Fsp3) is 0.250. The molecule has 4 rings (SSSR count). The molecule has 4 aliphatic carbocycles. The van der Waals surface area contributed by atoms with E-state index in [1.165, 1.54) is 41.4 Å². The van der Waals surface area contributed by atoms with Crippen LogP contribution in [0.4, 0.5) is 0 Å². The van der Waals surface area contributed by atoms with Gasteiger partial charge >= 0.3 is 0 Å². The third-order valence-corrected chi connectivity index (χ3v) is 5.14. The van der Waals surface area contributed by atoms with Crippen LogP contribution in [0, 0.1) is 66.1 Å². The molecule has 0 heteroatoms. The molecular formula is C24H24. The average Bonchev–Trinajstić information content (AvgIpc) is 3.16. The van der Waals surface area contributed by atoms with Crippen molar-refractivity contribution in [1.82, 2.24) is 0 Å². The van der Waals surface area contributed by atoms with E-state index in [0.29, 0.717) is 0 Å². The van der Waals surface area contributed by atoms with Crippen molar-refractivity contribution in [3.8, 4) is 0 Å². The van der Waals surface area contributed by atoms with Crippen LogP contribution in [0.3, 0.4) is 0 Å². The Kier molecular flexibility index (Phi) is 4.35. The number of hydrogen-bond donors (Lipinski definition) is 0. The molecule has 10 radical (unpaired) electrons. The van der Waals surface area contributed by atoms with Crippen molar-refractivity contribution in [3.05, 3.63) is 109 Å². The second-order valence-electron chi connectivity index (χ2n) is 7.83. The van der Waals surface area contributed by atoms with E-state index >= 15 is 0 Å². The van der Waals surface area contributed by atoms with Crippen LogP contribution in [0.25, 0.3) is 0 Å². The van der Waals surface area contributed by atoms with Gasteiger partial charge in [-0.3, -0.25) is 0 Å². The van der Waals surface area contributed by atoms with Gasteiger partial charge in [-0.15, -0.1) is 0 Å². The first-order valence-corrected chi connectivity index (χ1v) is 8.85. The fourth-order valence-electron chi connectivity index (χ4n) is 3.76. The van der Waals surface area contributed by atoms with Crippen molar-refractivity contribution in [3.63, 3.8) is 0 Å². The van der Waals surface area contributed by atoms with Gasteiger partial charge in [0.05, 0.1) is 0 Å². The molecule has 24 heavy (non-hydrogen) atoms.